The number of nitrogens with zero attached hydrogens (tertiary/aromatic N) is 1. The molecule has 0 aliphatic heterocycles. The molecule has 0 bridgehead atoms. The van der Waals surface area contributed by atoms with Crippen molar-refractivity contribution >= 4 is 12.0 Å². The minimum absolute atomic E-state index is 0.123. The van der Waals surface area contributed by atoms with Crippen LogP contribution in [0.15, 0.2) is 29.8 Å². The molecule has 1 rings (SSSR count). The SMILES string of the molecule is CC(C)=CCOc1ccc([N+](=O)[O-])cc1C=O. The predicted molar refractivity (Wildman–Crippen MR) is 63.4 cm³/mol. The Balaban J connectivity index is 2.89. The summed E-state index contributed by atoms with van der Waals surface area (Å²) in [5.41, 5.74) is 1.16. The van der Waals surface area contributed by atoms with Crippen LogP contribution in [0.1, 0.15) is 24.2 Å². The number of hydrogen-bond donors (Lipinski definition) is 0. The summed E-state index contributed by atoms with van der Waals surface area (Å²) in [4.78, 5) is 20.8. The number of carbonyl (C=O) groups excluding carboxylic acids is 1. The number of hydrogen-bond acceptors (Lipinski definition) is 4. The molecule has 17 heavy (non-hydrogen) atoms. The van der Waals surface area contributed by atoms with Crippen molar-refractivity contribution in [3.05, 3.63) is 45.5 Å². The highest BCUT2D eigenvalue weighted by Crippen LogP contribution is 2.22. The largest absolute Gasteiger partial charge is 0.489 e. The molecular formula is C12H13NO4. The highest BCUT2D eigenvalue weighted by Gasteiger charge is 2.10. The quantitative estimate of drug-likeness (QED) is 0.340. The van der Waals surface area contributed by atoms with Crippen LogP contribution in [0.25, 0.3) is 0 Å². The Kier molecular flexibility index (Phi) is 4.39. The number of benzene rings is 1. The van der Waals surface area contributed by atoms with E-state index in [0.29, 0.717) is 18.6 Å². The maximum atomic E-state index is 10.8. The fraction of sp³-hybridized carbons (Fsp3) is 0.250. The summed E-state index contributed by atoms with van der Waals surface area (Å²) in [6.45, 7) is 4.20. The number of allylic oxidation sites excluding steroid dienone is 1. The van der Waals surface area contributed by atoms with Gasteiger partial charge in [0.2, 0.25) is 0 Å². The smallest absolute Gasteiger partial charge is 0.270 e. The Hall–Kier alpha value is -2.17. The summed E-state index contributed by atoms with van der Waals surface area (Å²) in [5, 5.41) is 10.5. The molecule has 5 nitrogen and oxygen atoms in total. The molecule has 0 fully saturated rings. The molecular weight excluding hydrogens is 222 g/mol. The number of carbonyl (C=O) groups is 1. The number of nitro benzene ring substituents is 1. The molecule has 0 saturated carbocycles. The molecule has 0 heterocycles. The van der Waals surface area contributed by atoms with E-state index in [1.165, 1.54) is 18.2 Å². The monoisotopic (exact) mass is 235 g/mol. The van der Waals surface area contributed by atoms with E-state index in [1.54, 1.807) is 0 Å². The molecule has 0 aliphatic rings. The molecule has 0 saturated heterocycles. The lowest BCUT2D eigenvalue weighted by Gasteiger charge is -2.05. The van der Waals surface area contributed by atoms with E-state index in [-0.39, 0.29) is 11.3 Å². The Morgan fingerprint density at radius 1 is 1.47 bits per heavy atom. The summed E-state index contributed by atoms with van der Waals surface area (Å²) < 4.78 is 5.34. The van der Waals surface area contributed by atoms with E-state index in [1.807, 2.05) is 19.9 Å². The van der Waals surface area contributed by atoms with Gasteiger partial charge in [-0.15, -0.1) is 0 Å². The summed E-state index contributed by atoms with van der Waals surface area (Å²) in [6.07, 6.45) is 2.40. The molecule has 0 N–H and O–H groups in total. The van der Waals surface area contributed by atoms with Crippen LogP contribution in [0.2, 0.25) is 0 Å². The summed E-state index contributed by atoms with van der Waals surface area (Å²) >= 11 is 0. The zero-order chi connectivity index (χ0) is 12.8. The van der Waals surface area contributed by atoms with Gasteiger partial charge in [-0.1, -0.05) is 5.57 Å². The van der Waals surface area contributed by atoms with Crippen molar-refractivity contribution in [2.45, 2.75) is 13.8 Å². The summed E-state index contributed by atoms with van der Waals surface area (Å²) in [6, 6.07) is 3.94. The minimum Gasteiger partial charge on any atom is -0.489 e. The normalized spacial score (nSPS) is 9.53. The van der Waals surface area contributed by atoms with Crippen LogP contribution in [-0.2, 0) is 0 Å². The van der Waals surface area contributed by atoms with E-state index in [2.05, 4.69) is 0 Å². The second kappa shape index (κ2) is 5.79. The second-order valence-electron chi connectivity index (χ2n) is 3.69. The Morgan fingerprint density at radius 3 is 2.71 bits per heavy atom. The van der Waals surface area contributed by atoms with Gasteiger partial charge in [-0.25, -0.2) is 0 Å². The topological polar surface area (TPSA) is 69.4 Å². The van der Waals surface area contributed by atoms with Crippen molar-refractivity contribution in [2.75, 3.05) is 6.61 Å². The number of aldehydes is 1. The molecule has 0 atom stereocenters. The zero-order valence-corrected chi connectivity index (χ0v) is 9.67. The molecule has 90 valence electrons. The second-order valence-corrected chi connectivity index (χ2v) is 3.69. The standard InChI is InChI=1S/C12H13NO4/c1-9(2)5-6-17-12-4-3-11(13(15)16)7-10(12)8-14/h3-5,7-8H,6H2,1-2H3. The lowest BCUT2D eigenvalue weighted by molar-refractivity contribution is -0.384. The van der Waals surface area contributed by atoms with E-state index in [0.717, 1.165) is 5.57 Å². The lowest BCUT2D eigenvalue weighted by atomic mass is 10.2. The number of ether oxygens (including phenoxy) is 1. The van der Waals surface area contributed by atoms with Gasteiger partial charge in [0.1, 0.15) is 12.4 Å². The van der Waals surface area contributed by atoms with Gasteiger partial charge in [0, 0.05) is 12.1 Å². The van der Waals surface area contributed by atoms with E-state index in [4.69, 9.17) is 4.74 Å². The van der Waals surface area contributed by atoms with Crippen LogP contribution in [-0.4, -0.2) is 17.8 Å². The maximum absolute atomic E-state index is 10.8. The first-order valence-corrected chi connectivity index (χ1v) is 5.04. The van der Waals surface area contributed by atoms with Gasteiger partial charge < -0.3 is 4.74 Å². The molecule has 1 aromatic rings. The maximum Gasteiger partial charge on any atom is 0.270 e. The Bertz CT molecular complexity index is 462. The van der Waals surface area contributed by atoms with Crippen molar-refractivity contribution in [1.82, 2.24) is 0 Å². The first kappa shape index (κ1) is 12.9. The molecule has 0 amide bonds. The van der Waals surface area contributed by atoms with Crippen LogP contribution in [0.4, 0.5) is 5.69 Å². The summed E-state index contributed by atoms with van der Waals surface area (Å²) in [7, 11) is 0. The first-order valence-electron chi connectivity index (χ1n) is 5.04. The third-order valence-corrected chi connectivity index (χ3v) is 2.06. The Labute approximate surface area is 98.9 Å². The Morgan fingerprint density at radius 2 is 2.18 bits per heavy atom. The molecule has 0 unspecified atom stereocenters. The number of nitro groups is 1. The van der Waals surface area contributed by atoms with Crippen LogP contribution in [0.3, 0.4) is 0 Å². The van der Waals surface area contributed by atoms with Gasteiger partial charge in [0.05, 0.1) is 10.5 Å². The highest BCUT2D eigenvalue weighted by atomic mass is 16.6. The van der Waals surface area contributed by atoms with Gasteiger partial charge in [0.15, 0.2) is 6.29 Å². The highest BCUT2D eigenvalue weighted by molar-refractivity contribution is 5.80. The number of non-ortho nitro benzene ring substituents is 1. The van der Waals surface area contributed by atoms with E-state index >= 15 is 0 Å². The minimum atomic E-state index is -0.549. The molecule has 0 spiro atoms. The fourth-order valence-electron chi connectivity index (χ4n) is 1.17. The van der Waals surface area contributed by atoms with Gasteiger partial charge >= 0.3 is 0 Å². The zero-order valence-electron chi connectivity index (χ0n) is 9.67. The van der Waals surface area contributed by atoms with Crippen LogP contribution < -0.4 is 4.74 Å². The predicted octanol–water partition coefficient (Wildman–Crippen LogP) is 2.75. The molecule has 0 aromatic heterocycles. The van der Waals surface area contributed by atoms with Gasteiger partial charge in [-0.3, -0.25) is 14.9 Å². The van der Waals surface area contributed by atoms with Crippen molar-refractivity contribution in [3.63, 3.8) is 0 Å². The van der Waals surface area contributed by atoms with Crippen molar-refractivity contribution < 1.29 is 14.5 Å². The van der Waals surface area contributed by atoms with Gasteiger partial charge in [-0.05, 0) is 26.0 Å². The molecule has 0 aliphatic carbocycles. The fourth-order valence-corrected chi connectivity index (χ4v) is 1.17. The average Bonchev–Trinajstić information content (AvgIpc) is 2.28. The van der Waals surface area contributed by atoms with Gasteiger partial charge in [-0.2, -0.15) is 0 Å². The third-order valence-electron chi connectivity index (χ3n) is 2.06. The van der Waals surface area contributed by atoms with Crippen molar-refractivity contribution in [1.29, 1.82) is 0 Å². The lowest BCUT2D eigenvalue weighted by Crippen LogP contribution is -1.99. The average molecular weight is 235 g/mol. The molecule has 5 heteroatoms. The first-order chi connectivity index (χ1) is 8.04. The third kappa shape index (κ3) is 3.71. The summed E-state index contributed by atoms with van der Waals surface area (Å²) in [5.74, 6) is 0.350. The molecule has 0 radical (unpaired) electrons. The van der Waals surface area contributed by atoms with Crippen LogP contribution in [0.5, 0.6) is 5.75 Å². The van der Waals surface area contributed by atoms with Crippen LogP contribution >= 0.6 is 0 Å². The van der Waals surface area contributed by atoms with Crippen LogP contribution in [0, 0.1) is 10.1 Å². The number of rotatable bonds is 5. The van der Waals surface area contributed by atoms with E-state index in [9.17, 15) is 14.9 Å². The molecule has 1 aromatic carbocycles. The van der Waals surface area contributed by atoms with Crippen molar-refractivity contribution in [2.24, 2.45) is 0 Å². The van der Waals surface area contributed by atoms with E-state index < -0.39 is 4.92 Å². The van der Waals surface area contributed by atoms with Crippen molar-refractivity contribution in [3.8, 4) is 5.75 Å². The van der Waals surface area contributed by atoms with Gasteiger partial charge in [0.25, 0.3) is 5.69 Å².